The number of likely N-dealkylation sites (tertiary alicyclic amines) is 1. The molecular formula is C15H19FN2O3S. The number of nitrogens with zero attached hydrogens (tertiary/aromatic N) is 1. The summed E-state index contributed by atoms with van der Waals surface area (Å²) in [4.78, 5) is 13.8. The van der Waals surface area contributed by atoms with E-state index >= 15 is 0 Å². The first-order chi connectivity index (χ1) is 10.4. The number of aryl methyl sites for hydroxylation is 1. The zero-order valence-corrected chi connectivity index (χ0v) is 13.2. The van der Waals surface area contributed by atoms with Crippen molar-refractivity contribution in [1.82, 2.24) is 9.62 Å². The van der Waals surface area contributed by atoms with Crippen LogP contribution in [0.3, 0.4) is 0 Å². The molecule has 2 fully saturated rings. The molecule has 1 aromatic rings. The van der Waals surface area contributed by atoms with E-state index in [0.29, 0.717) is 25.1 Å². The van der Waals surface area contributed by atoms with Crippen LogP contribution in [-0.2, 0) is 14.8 Å². The van der Waals surface area contributed by atoms with Crippen molar-refractivity contribution in [2.24, 2.45) is 5.92 Å². The average molecular weight is 326 g/mol. The lowest BCUT2D eigenvalue weighted by Crippen LogP contribution is -2.39. The van der Waals surface area contributed by atoms with Crippen LogP contribution in [0.2, 0.25) is 0 Å². The van der Waals surface area contributed by atoms with E-state index in [-0.39, 0.29) is 22.8 Å². The molecule has 1 aromatic carbocycles. The fourth-order valence-corrected chi connectivity index (χ4v) is 4.33. The third-order valence-corrected chi connectivity index (χ3v) is 5.86. The van der Waals surface area contributed by atoms with Gasteiger partial charge >= 0.3 is 0 Å². The highest BCUT2D eigenvalue weighted by molar-refractivity contribution is 7.89. The zero-order chi connectivity index (χ0) is 15.9. The Hall–Kier alpha value is -1.47. The Morgan fingerprint density at radius 3 is 2.68 bits per heavy atom. The van der Waals surface area contributed by atoms with E-state index in [1.807, 2.05) is 0 Å². The van der Waals surface area contributed by atoms with Crippen molar-refractivity contribution >= 4 is 15.9 Å². The van der Waals surface area contributed by atoms with Crippen molar-refractivity contribution in [3.8, 4) is 0 Å². The molecule has 0 bridgehead atoms. The van der Waals surface area contributed by atoms with Gasteiger partial charge in [-0.1, -0.05) is 0 Å². The van der Waals surface area contributed by atoms with Crippen molar-refractivity contribution in [2.75, 3.05) is 13.1 Å². The highest BCUT2D eigenvalue weighted by atomic mass is 32.2. The Morgan fingerprint density at radius 1 is 1.32 bits per heavy atom. The molecule has 1 aliphatic carbocycles. The number of carbonyl (C=O) groups excluding carboxylic acids is 1. The van der Waals surface area contributed by atoms with Gasteiger partial charge in [0, 0.05) is 25.0 Å². The van der Waals surface area contributed by atoms with Gasteiger partial charge in [0.25, 0.3) is 0 Å². The molecule has 120 valence electrons. The van der Waals surface area contributed by atoms with Crippen LogP contribution in [0, 0.1) is 18.7 Å². The number of amides is 1. The van der Waals surface area contributed by atoms with Crippen LogP contribution in [0.15, 0.2) is 23.1 Å². The van der Waals surface area contributed by atoms with E-state index in [9.17, 15) is 17.6 Å². The molecule has 22 heavy (non-hydrogen) atoms. The number of halogens is 1. The first kappa shape index (κ1) is 15.4. The molecule has 1 heterocycles. The van der Waals surface area contributed by atoms with Crippen molar-refractivity contribution < 1.29 is 17.6 Å². The van der Waals surface area contributed by atoms with Crippen LogP contribution in [-0.4, -0.2) is 38.4 Å². The summed E-state index contributed by atoms with van der Waals surface area (Å²) in [5.74, 6) is -0.173. The maximum atomic E-state index is 13.1. The van der Waals surface area contributed by atoms with E-state index in [4.69, 9.17) is 0 Å². The summed E-state index contributed by atoms with van der Waals surface area (Å²) >= 11 is 0. The van der Waals surface area contributed by atoms with Gasteiger partial charge in [0.05, 0.1) is 4.90 Å². The SMILES string of the molecule is Cc1cc(F)ccc1S(=O)(=O)NC1CCN(C(=O)C2CC2)C1. The van der Waals surface area contributed by atoms with E-state index in [2.05, 4.69) is 4.72 Å². The first-order valence-electron chi connectivity index (χ1n) is 7.44. The predicted octanol–water partition coefficient (Wildman–Crippen LogP) is 1.42. The van der Waals surface area contributed by atoms with Gasteiger partial charge in [0.2, 0.25) is 15.9 Å². The largest absolute Gasteiger partial charge is 0.341 e. The van der Waals surface area contributed by atoms with Gasteiger partial charge in [-0.15, -0.1) is 0 Å². The highest BCUT2D eigenvalue weighted by Gasteiger charge is 2.37. The first-order valence-corrected chi connectivity index (χ1v) is 8.92. The van der Waals surface area contributed by atoms with Crippen molar-refractivity contribution in [2.45, 2.75) is 37.1 Å². The van der Waals surface area contributed by atoms with Gasteiger partial charge < -0.3 is 4.90 Å². The van der Waals surface area contributed by atoms with E-state index < -0.39 is 15.8 Å². The number of hydrogen-bond donors (Lipinski definition) is 1. The summed E-state index contributed by atoms with van der Waals surface area (Å²) in [5, 5.41) is 0. The molecule has 1 amide bonds. The molecule has 3 rings (SSSR count). The normalized spacial score (nSPS) is 22.1. The second-order valence-electron chi connectivity index (χ2n) is 6.08. The van der Waals surface area contributed by atoms with Crippen molar-refractivity contribution in [3.63, 3.8) is 0 Å². The second-order valence-corrected chi connectivity index (χ2v) is 7.76. The number of rotatable bonds is 4. The quantitative estimate of drug-likeness (QED) is 0.910. The lowest BCUT2D eigenvalue weighted by molar-refractivity contribution is -0.131. The fraction of sp³-hybridized carbons (Fsp3) is 0.533. The molecule has 2 aliphatic rings. The number of hydrogen-bond acceptors (Lipinski definition) is 3. The molecule has 5 nitrogen and oxygen atoms in total. The summed E-state index contributed by atoms with van der Waals surface area (Å²) in [6.07, 6.45) is 2.50. The minimum Gasteiger partial charge on any atom is -0.341 e. The topological polar surface area (TPSA) is 66.5 Å². The van der Waals surface area contributed by atoms with Crippen LogP contribution in [0.25, 0.3) is 0 Å². The molecule has 1 atom stereocenters. The summed E-state index contributed by atoms with van der Waals surface area (Å²) in [7, 11) is -3.70. The summed E-state index contributed by atoms with van der Waals surface area (Å²) in [5.41, 5.74) is 0.372. The van der Waals surface area contributed by atoms with Gasteiger partial charge in [-0.25, -0.2) is 17.5 Å². The molecule has 0 radical (unpaired) electrons. The monoisotopic (exact) mass is 326 g/mol. The molecule has 1 saturated carbocycles. The van der Waals surface area contributed by atoms with E-state index in [0.717, 1.165) is 18.9 Å². The molecule has 1 aliphatic heterocycles. The molecule has 1 unspecified atom stereocenters. The van der Waals surface area contributed by atoms with Gasteiger partial charge in [-0.05, 0) is 49.9 Å². The molecular weight excluding hydrogens is 307 g/mol. The number of carbonyl (C=O) groups is 1. The summed E-state index contributed by atoms with van der Waals surface area (Å²) in [6.45, 7) is 2.56. The predicted molar refractivity (Wildman–Crippen MR) is 79.2 cm³/mol. The third-order valence-electron chi connectivity index (χ3n) is 4.17. The minimum atomic E-state index is -3.70. The van der Waals surface area contributed by atoms with Crippen molar-refractivity contribution in [1.29, 1.82) is 0 Å². The molecule has 7 heteroatoms. The standard InChI is InChI=1S/C15H19FN2O3S/c1-10-8-12(16)4-5-14(10)22(20,21)17-13-6-7-18(9-13)15(19)11-2-3-11/h4-5,8,11,13,17H,2-3,6-7,9H2,1H3. The van der Waals surface area contributed by atoms with Gasteiger partial charge in [-0.3, -0.25) is 4.79 Å². The second kappa shape index (κ2) is 5.62. The van der Waals surface area contributed by atoms with Gasteiger partial charge in [0.15, 0.2) is 0 Å². The van der Waals surface area contributed by atoms with E-state index in [1.54, 1.807) is 11.8 Å². The summed E-state index contributed by atoms with van der Waals surface area (Å²) < 4.78 is 40.5. The van der Waals surface area contributed by atoms with Crippen LogP contribution >= 0.6 is 0 Å². The number of benzene rings is 1. The minimum absolute atomic E-state index is 0.0841. The molecule has 1 saturated heterocycles. The Kier molecular flexibility index (Phi) is 3.94. The third kappa shape index (κ3) is 3.15. The molecule has 1 N–H and O–H groups in total. The fourth-order valence-electron chi connectivity index (χ4n) is 2.84. The summed E-state index contributed by atoms with van der Waals surface area (Å²) in [6, 6.07) is 3.33. The number of nitrogens with one attached hydrogen (secondary N) is 1. The Morgan fingerprint density at radius 2 is 2.05 bits per heavy atom. The van der Waals surface area contributed by atoms with Gasteiger partial charge in [-0.2, -0.15) is 0 Å². The zero-order valence-electron chi connectivity index (χ0n) is 12.4. The maximum Gasteiger partial charge on any atom is 0.241 e. The van der Waals surface area contributed by atoms with Crippen LogP contribution in [0.1, 0.15) is 24.8 Å². The number of sulfonamides is 1. The lowest BCUT2D eigenvalue weighted by Gasteiger charge is -2.17. The Balaban J connectivity index is 1.68. The van der Waals surface area contributed by atoms with Gasteiger partial charge in [0.1, 0.15) is 5.82 Å². The Bertz CT molecular complexity index is 701. The smallest absolute Gasteiger partial charge is 0.241 e. The average Bonchev–Trinajstić information content (AvgIpc) is 3.18. The van der Waals surface area contributed by atoms with Crippen LogP contribution in [0.5, 0.6) is 0 Å². The molecule has 0 spiro atoms. The van der Waals surface area contributed by atoms with Crippen LogP contribution in [0.4, 0.5) is 4.39 Å². The molecule has 0 aromatic heterocycles. The Labute approximate surface area is 129 Å². The maximum absolute atomic E-state index is 13.1. The van der Waals surface area contributed by atoms with E-state index in [1.165, 1.54) is 12.1 Å². The lowest BCUT2D eigenvalue weighted by atomic mass is 10.2. The highest BCUT2D eigenvalue weighted by Crippen LogP contribution is 2.32. The van der Waals surface area contributed by atoms with Crippen LogP contribution < -0.4 is 4.72 Å². The van der Waals surface area contributed by atoms with Crippen molar-refractivity contribution in [3.05, 3.63) is 29.6 Å².